The number of hydrogen-bond donors (Lipinski definition) is 2. The molecule has 4 rings (SSSR count). The van der Waals surface area contributed by atoms with Gasteiger partial charge in [-0.3, -0.25) is 9.59 Å². The standard InChI is InChI=1S/C25H20Cl2N4O3S/c1-31-24(19-9-8-18(26)12-20(19)27)29-30-25(31)35-14-22(33)28-13-17-11-16(7-10-21(17)32)23(34)15-5-3-2-4-6-15/h2-12,32H,13-14H2,1H3,(H,28,33). The van der Waals surface area contributed by atoms with Crippen molar-refractivity contribution in [2.75, 3.05) is 5.75 Å². The summed E-state index contributed by atoms with van der Waals surface area (Å²) in [5.74, 6) is 0.222. The quantitative estimate of drug-likeness (QED) is 0.244. The number of benzene rings is 3. The highest BCUT2D eigenvalue weighted by Crippen LogP contribution is 2.30. The number of aromatic nitrogens is 3. The van der Waals surface area contributed by atoms with E-state index in [1.807, 2.05) is 6.07 Å². The summed E-state index contributed by atoms with van der Waals surface area (Å²) in [6.45, 7) is 0.0750. The van der Waals surface area contributed by atoms with Gasteiger partial charge in [0, 0.05) is 40.9 Å². The zero-order valence-electron chi connectivity index (χ0n) is 18.5. The fraction of sp³-hybridized carbons (Fsp3) is 0.120. The molecule has 0 aliphatic rings. The van der Waals surface area contributed by atoms with Crippen LogP contribution in [0.15, 0.2) is 71.9 Å². The third kappa shape index (κ3) is 5.85. The first-order chi connectivity index (χ1) is 16.8. The molecule has 3 aromatic carbocycles. The molecule has 4 aromatic rings. The van der Waals surface area contributed by atoms with E-state index in [1.54, 1.807) is 66.2 Å². The summed E-state index contributed by atoms with van der Waals surface area (Å²) >= 11 is 13.4. The van der Waals surface area contributed by atoms with Crippen molar-refractivity contribution in [1.82, 2.24) is 20.1 Å². The van der Waals surface area contributed by atoms with Gasteiger partial charge in [-0.15, -0.1) is 10.2 Å². The van der Waals surface area contributed by atoms with Gasteiger partial charge in [0.1, 0.15) is 5.75 Å². The molecular formula is C25H20Cl2N4O3S. The molecule has 35 heavy (non-hydrogen) atoms. The number of aromatic hydroxyl groups is 1. The Hall–Kier alpha value is -3.33. The molecular weight excluding hydrogens is 507 g/mol. The lowest BCUT2D eigenvalue weighted by atomic mass is 10.0. The molecule has 10 heteroatoms. The van der Waals surface area contributed by atoms with Crippen molar-refractivity contribution in [3.63, 3.8) is 0 Å². The molecule has 0 radical (unpaired) electrons. The van der Waals surface area contributed by atoms with Crippen molar-refractivity contribution in [2.24, 2.45) is 7.05 Å². The lowest BCUT2D eigenvalue weighted by Gasteiger charge is -2.09. The molecule has 7 nitrogen and oxygen atoms in total. The van der Waals surface area contributed by atoms with Gasteiger partial charge in [0.15, 0.2) is 16.8 Å². The average molecular weight is 527 g/mol. The molecule has 1 heterocycles. The highest BCUT2D eigenvalue weighted by atomic mass is 35.5. The van der Waals surface area contributed by atoms with Crippen molar-refractivity contribution >= 4 is 46.7 Å². The second-order valence-corrected chi connectivity index (χ2v) is 9.38. The van der Waals surface area contributed by atoms with E-state index in [0.717, 1.165) is 0 Å². The molecule has 0 saturated carbocycles. The topological polar surface area (TPSA) is 97.1 Å². The number of rotatable bonds is 8. The van der Waals surface area contributed by atoms with Gasteiger partial charge in [-0.25, -0.2) is 0 Å². The third-order valence-electron chi connectivity index (χ3n) is 5.19. The monoisotopic (exact) mass is 526 g/mol. The van der Waals surface area contributed by atoms with Crippen molar-refractivity contribution in [1.29, 1.82) is 0 Å². The summed E-state index contributed by atoms with van der Waals surface area (Å²) in [6.07, 6.45) is 0. The number of carbonyl (C=O) groups is 2. The van der Waals surface area contributed by atoms with E-state index in [9.17, 15) is 14.7 Å². The first kappa shape index (κ1) is 24.8. The van der Waals surface area contributed by atoms with Crippen LogP contribution < -0.4 is 5.32 Å². The lowest BCUT2D eigenvalue weighted by Crippen LogP contribution is -2.25. The third-order valence-corrected chi connectivity index (χ3v) is 6.76. The van der Waals surface area contributed by atoms with Crippen LogP contribution in [0.5, 0.6) is 5.75 Å². The van der Waals surface area contributed by atoms with Crippen molar-refractivity contribution in [3.05, 3.63) is 93.5 Å². The summed E-state index contributed by atoms with van der Waals surface area (Å²) in [5.41, 5.74) is 2.11. The lowest BCUT2D eigenvalue weighted by molar-refractivity contribution is -0.118. The zero-order valence-corrected chi connectivity index (χ0v) is 20.9. The Kier molecular flexibility index (Phi) is 7.75. The fourth-order valence-corrected chi connectivity index (χ4v) is 4.58. The highest BCUT2D eigenvalue weighted by Gasteiger charge is 2.16. The van der Waals surface area contributed by atoms with Gasteiger partial charge < -0.3 is 15.0 Å². The molecule has 2 N–H and O–H groups in total. The highest BCUT2D eigenvalue weighted by molar-refractivity contribution is 7.99. The Morgan fingerprint density at radius 3 is 2.51 bits per heavy atom. The van der Waals surface area contributed by atoms with Crippen LogP contribution in [0.3, 0.4) is 0 Å². The van der Waals surface area contributed by atoms with Crippen molar-refractivity contribution < 1.29 is 14.7 Å². The molecule has 0 aliphatic carbocycles. The van der Waals surface area contributed by atoms with Gasteiger partial charge in [-0.1, -0.05) is 65.3 Å². The Morgan fingerprint density at radius 1 is 1.00 bits per heavy atom. The summed E-state index contributed by atoms with van der Waals surface area (Å²) in [4.78, 5) is 25.1. The van der Waals surface area contributed by atoms with Crippen LogP contribution in [0.1, 0.15) is 21.5 Å². The summed E-state index contributed by atoms with van der Waals surface area (Å²) < 4.78 is 1.75. The molecule has 178 valence electrons. The number of phenols is 1. The molecule has 0 saturated heterocycles. The number of nitrogens with one attached hydrogen (secondary N) is 1. The number of phenolic OH excluding ortho intramolecular Hbond substituents is 1. The minimum atomic E-state index is -0.261. The summed E-state index contributed by atoms with van der Waals surface area (Å²) in [7, 11) is 1.79. The first-order valence-electron chi connectivity index (χ1n) is 10.5. The summed E-state index contributed by atoms with van der Waals surface area (Å²) in [6, 6.07) is 18.6. The summed E-state index contributed by atoms with van der Waals surface area (Å²) in [5, 5.41) is 22.8. The van der Waals surface area contributed by atoms with Crippen molar-refractivity contribution in [3.8, 4) is 17.1 Å². The molecule has 0 atom stereocenters. The van der Waals surface area contributed by atoms with Crippen LogP contribution in [0.4, 0.5) is 0 Å². The maximum atomic E-state index is 12.7. The van der Waals surface area contributed by atoms with Gasteiger partial charge in [0.2, 0.25) is 5.91 Å². The Balaban J connectivity index is 1.37. The van der Waals surface area contributed by atoms with Crippen LogP contribution in [0.2, 0.25) is 10.0 Å². The first-order valence-corrected chi connectivity index (χ1v) is 12.2. The second-order valence-electron chi connectivity index (χ2n) is 7.59. The number of amides is 1. The van der Waals surface area contributed by atoms with Gasteiger partial charge >= 0.3 is 0 Å². The van der Waals surface area contributed by atoms with E-state index in [1.165, 1.54) is 17.8 Å². The van der Waals surface area contributed by atoms with Crippen LogP contribution in [0.25, 0.3) is 11.4 Å². The van der Waals surface area contributed by atoms with E-state index in [2.05, 4.69) is 15.5 Å². The Labute approximate surface area is 216 Å². The van der Waals surface area contributed by atoms with E-state index >= 15 is 0 Å². The number of thioether (sulfide) groups is 1. The Bertz CT molecular complexity index is 1390. The molecule has 0 spiro atoms. The van der Waals surface area contributed by atoms with Crippen LogP contribution >= 0.6 is 35.0 Å². The van der Waals surface area contributed by atoms with Crippen molar-refractivity contribution in [2.45, 2.75) is 11.7 Å². The van der Waals surface area contributed by atoms with E-state index in [0.29, 0.717) is 43.3 Å². The Morgan fingerprint density at radius 2 is 1.77 bits per heavy atom. The van der Waals surface area contributed by atoms with E-state index < -0.39 is 0 Å². The van der Waals surface area contributed by atoms with E-state index in [-0.39, 0.29) is 29.7 Å². The average Bonchev–Trinajstić information content (AvgIpc) is 3.22. The smallest absolute Gasteiger partial charge is 0.230 e. The SMILES string of the molecule is Cn1c(SCC(=O)NCc2cc(C(=O)c3ccccc3)ccc2O)nnc1-c1ccc(Cl)cc1Cl. The molecule has 1 amide bonds. The number of hydrogen-bond acceptors (Lipinski definition) is 6. The predicted octanol–water partition coefficient (Wildman–Crippen LogP) is 5.13. The van der Waals surface area contributed by atoms with Gasteiger partial charge in [-0.2, -0.15) is 0 Å². The van der Waals surface area contributed by atoms with Crippen LogP contribution in [-0.4, -0.2) is 37.3 Å². The maximum absolute atomic E-state index is 12.7. The number of ketones is 1. The minimum absolute atomic E-state index is 0.000325. The maximum Gasteiger partial charge on any atom is 0.230 e. The normalized spacial score (nSPS) is 10.8. The number of carbonyl (C=O) groups excluding carboxylic acids is 2. The largest absolute Gasteiger partial charge is 0.508 e. The minimum Gasteiger partial charge on any atom is -0.508 e. The van der Waals surface area contributed by atoms with Gasteiger partial charge in [0.25, 0.3) is 0 Å². The van der Waals surface area contributed by atoms with Crippen LogP contribution in [0, 0.1) is 0 Å². The fourth-order valence-electron chi connectivity index (χ4n) is 3.35. The van der Waals surface area contributed by atoms with E-state index in [4.69, 9.17) is 23.2 Å². The molecule has 0 bridgehead atoms. The van der Waals surface area contributed by atoms with Gasteiger partial charge in [-0.05, 0) is 36.4 Å². The second kappa shape index (κ2) is 10.9. The molecule has 1 aromatic heterocycles. The van der Waals surface area contributed by atoms with Crippen LogP contribution in [-0.2, 0) is 18.4 Å². The predicted molar refractivity (Wildman–Crippen MR) is 137 cm³/mol. The molecule has 0 aliphatic heterocycles. The number of nitrogens with zero attached hydrogens (tertiary/aromatic N) is 3. The van der Waals surface area contributed by atoms with Gasteiger partial charge in [0.05, 0.1) is 10.8 Å². The zero-order chi connectivity index (χ0) is 24.9. The molecule has 0 unspecified atom stereocenters. The molecule has 0 fully saturated rings. The number of halogens is 2.